The largest absolute Gasteiger partial charge is 0.461 e. The zero-order valence-electron chi connectivity index (χ0n) is 7.67. The Morgan fingerprint density at radius 1 is 1.64 bits per heavy atom. The third-order valence-electron chi connectivity index (χ3n) is 1.48. The van der Waals surface area contributed by atoms with E-state index in [-0.39, 0.29) is 18.0 Å². The van der Waals surface area contributed by atoms with Gasteiger partial charge >= 0.3 is 5.97 Å². The minimum atomic E-state index is -0.686. The van der Waals surface area contributed by atoms with Gasteiger partial charge in [-0.05, 0) is 19.1 Å². The summed E-state index contributed by atoms with van der Waals surface area (Å²) in [7, 11) is 0. The molecule has 0 aliphatic carbocycles. The predicted molar refractivity (Wildman–Crippen MR) is 49.2 cm³/mol. The predicted octanol–water partition coefficient (Wildman–Crippen LogP) is 0.823. The summed E-state index contributed by atoms with van der Waals surface area (Å²) in [5.74, 6) is -0.686. The van der Waals surface area contributed by atoms with E-state index in [1.165, 1.54) is 6.20 Å². The molecule has 1 aromatic heterocycles. The minimum absolute atomic E-state index is 0.188. The monoisotopic (exact) mass is 194 g/mol. The summed E-state index contributed by atoms with van der Waals surface area (Å²) in [5.41, 5.74) is 0.0981. The average Bonchev–Trinajstić information content (AvgIpc) is 2.21. The molecule has 5 heteroatoms. The molecule has 0 amide bonds. The number of rotatable bonds is 3. The van der Waals surface area contributed by atoms with Crippen LogP contribution in [0.2, 0.25) is 0 Å². The number of esters is 1. The van der Waals surface area contributed by atoms with Crippen LogP contribution in [0.1, 0.15) is 12.6 Å². The van der Waals surface area contributed by atoms with Gasteiger partial charge in [0.15, 0.2) is 0 Å². The molecule has 1 aromatic rings. The summed E-state index contributed by atoms with van der Waals surface area (Å²) in [6.45, 7) is 1.90. The number of oxime groups is 1. The van der Waals surface area contributed by atoms with Gasteiger partial charge in [0.2, 0.25) is 5.71 Å². The van der Waals surface area contributed by atoms with Crippen molar-refractivity contribution in [1.82, 2.24) is 4.98 Å². The number of aromatic nitrogens is 1. The maximum atomic E-state index is 11.2. The van der Waals surface area contributed by atoms with Crippen molar-refractivity contribution in [3.63, 3.8) is 0 Å². The molecule has 0 radical (unpaired) electrons. The topological polar surface area (TPSA) is 71.8 Å². The van der Waals surface area contributed by atoms with Gasteiger partial charge in [-0.15, -0.1) is 0 Å². The normalized spacial score (nSPS) is 11.1. The van der Waals surface area contributed by atoms with E-state index in [1.54, 1.807) is 25.1 Å². The van der Waals surface area contributed by atoms with Gasteiger partial charge in [0, 0.05) is 6.20 Å². The van der Waals surface area contributed by atoms with Gasteiger partial charge in [-0.1, -0.05) is 11.2 Å². The fourth-order valence-corrected chi connectivity index (χ4v) is 0.899. The summed E-state index contributed by atoms with van der Waals surface area (Å²) < 4.78 is 4.68. The minimum Gasteiger partial charge on any atom is -0.461 e. The number of pyridine rings is 1. The van der Waals surface area contributed by atoms with Crippen molar-refractivity contribution < 1.29 is 14.7 Å². The van der Waals surface area contributed by atoms with Crippen molar-refractivity contribution in [2.45, 2.75) is 6.92 Å². The van der Waals surface area contributed by atoms with E-state index in [0.29, 0.717) is 0 Å². The molecule has 1 rings (SSSR count). The SMILES string of the molecule is CCOC(=O)C(=NO)c1ccccn1. The highest BCUT2D eigenvalue weighted by atomic mass is 16.5. The lowest BCUT2D eigenvalue weighted by Gasteiger charge is -2.02. The number of hydrogen-bond acceptors (Lipinski definition) is 5. The lowest BCUT2D eigenvalue weighted by molar-refractivity contribution is -0.135. The second-order valence-electron chi connectivity index (χ2n) is 2.38. The van der Waals surface area contributed by atoms with E-state index in [2.05, 4.69) is 14.9 Å². The highest BCUT2D eigenvalue weighted by molar-refractivity contribution is 6.42. The molecule has 1 heterocycles. The summed E-state index contributed by atoms with van der Waals surface area (Å²) in [6, 6.07) is 4.95. The third kappa shape index (κ3) is 2.29. The first kappa shape index (κ1) is 10.2. The standard InChI is InChI=1S/C9H10N2O3/c1-2-14-9(12)8(11-13)7-5-3-4-6-10-7/h3-6,13H,2H2,1H3. The van der Waals surface area contributed by atoms with Crippen molar-refractivity contribution in [3.8, 4) is 0 Å². The Morgan fingerprint density at radius 2 is 2.43 bits per heavy atom. The second kappa shape index (κ2) is 4.96. The van der Waals surface area contributed by atoms with Gasteiger partial charge in [-0.2, -0.15) is 0 Å². The zero-order valence-corrected chi connectivity index (χ0v) is 7.67. The van der Waals surface area contributed by atoms with Crippen molar-refractivity contribution in [2.75, 3.05) is 6.61 Å². The molecule has 14 heavy (non-hydrogen) atoms. The Bertz CT molecular complexity index is 335. The smallest absolute Gasteiger partial charge is 0.362 e. The number of ether oxygens (including phenoxy) is 1. The van der Waals surface area contributed by atoms with Gasteiger partial charge in [0.05, 0.1) is 12.3 Å². The molecular formula is C9H10N2O3. The summed E-state index contributed by atoms with van der Waals surface area (Å²) in [5, 5.41) is 11.5. The van der Waals surface area contributed by atoms with Crippen LogP contribution < -0.4 is 0 Å². The van der Waals surface area contributed by atoms with E-state index >= 15 is 0 Å². The number of nitrogens with zero attached hydrogens (tertiary/aromatic N) is 2. The fraction of sp³-hybridized carbons (Fsp3) is 0.222. The van der Waals surface area contributed by atoms with Crippen molar-refractivity contribution in [3.05, 3.63) is 30.1 Å². The number of carbonyl (C=O) groups excluding carboxylic acids is 1. The van der Waals surface area contributed by atoms with Gasteiger partial charge in [-0.3, -0.25) is 4.98 Å². The number of hydrogen-bond donors (Lipinski definition) is 1. The summed E-state index contributed by atoms with van der Waals surface area (Å²) in [6.07, 6.45) is 1.50. The van der Waals surface area contributed by atoms with Crippen molar-refractivity contribution in [1.29, 1.82) is 0 Å². The van der Waals surface area contributed by atoms with Crippen LogP contribution in [-0.4, -0.2) is 28.5 Å². The van der Waals surface area contributed by atoms with E-state index in [1.807, 2.05) is 0 Å². The first-order valence-electron chi connectivity index (χ1n) is 4.10. The Labute approximate surface area is 81.0 Å². The van der Waals surface area contributed by atoms with Crippen LogP contribution in [0.4, 0.5) is 0 Å². The van der Waals surface area contributed by atoms with E-state index in [0.717, 1.165) is 0 Å². The van der Waals surface area contributed by atoms with Crippen LogP contribution in [0, 0.1) is 0 Å². The van der Waals surface area contributed by atoms with Gasteiger partial charge in [-0.25, -0.2) is 4.79 Å². The maximum absolute atomic E-state index is 11.2. The highest BCUT2D eigenvalue weighted by Crippen LogP contribution is 1.98. The molecule has 0 saturated carbocycles. The molecule has 0 fully saturated rings. The van der Waals surface area contributed by atoms with Gasteiger partial charge in [0.25, 0.3) is 0 Å². The quantitative estimate of drug-likeness (QED) is 0.334. The van der Waals surface area contributed by atoms with Crippen LogP contribution in [0.3, 0.4) is 0 Å². The molecule has 0 saturated heterocycles. The van der Waals surface area contributed by atoms with Crippen molar-refractivity contribution in [2.24, 2.45) is 5.16 Å². The van der Waals surface area contributed by atoms with Gasteiger partial charge in [0.1, 0.15) is 0 Å². The average molecular weight is 194 g/mol. The Morgan fingerprint density at radius 3 is 2.93 bits per heavy atom. The molecule has 0 unspecified atom stereocenters. The molecule has 1 N–H and O–H groups in total. The van der Waals surface area contributed by atoms with Crippen LogP contribution in [0.25, 0.3) is 0 Å². The van der Waals surface area contributed by atoms with E-state index < -0.39 is 5.97 Å². The molecule has 0 spiro atoms. The van der Waals surface area contributed by atoms with Crippen LogP contribution in [0.5, 0.6) is 0 Å². The Balaban J connectivity index is 2.89. The van der Waals surface area contributed by atoms with Crippen LogP contribution in [0.15, 0.2) is 29.6 Å². The first-order chi connectivity index (χ1) is 6.79. The number of carbonyl (C=O) groups is 1. The summed E-state index contributed by atoms with van der Waals surface area (Å²) in [4.78, 5) is 15.1. The lowest BCUT2D eigenvalue weighted by Crippen LogP contribution is -2.19. The Hall–Kier alpha value is -1.91. The van der Waals surface area contributed by atoms with Crippen LogP contribution >= 0.6 is 0 Å². The molecule has 0 aliphatic rings. The fourth-order valence-electron chi connectivity index (χ4n) is 0.899. The molecule has 0 bridgehead atoms. The lowest BCUT2D eigenvalue weighted by atomic mass is 10.2. The second-order valence-corrected chi connectivity index (χ2v) is 2.38. The van der Waals surface area contributed by atoms with E-state index in [4.69, 9.17) is 5.21 Å². The molecule has 5 nitrogen and oxygen atoms in total. The highest BCUT2D eigenvalue weighted by Gasteiger charge is 2.16. The molecule has 0 aromatic carbocycles. The Kier molecular flexibility index (Phi) is 3.60. The maximum Gasteiger partial charge on any atom is 0.362 e. The van der Waals surface area contributed by atoms with Crippen LogP contribution in [-0.2, 0) is 9.53 Å². The van der Waals surface area contributed by atoms with E-state index in [9.17, 15) is 4.79 Å². The molecule has 0 aliphatic heterocycles. The van der Waals surface area contributed by atoms with Crippen molar-refractivity contribution >= 4 is 11.7 Å². The molecule has 0 atom stereocenters. The molecular weight excluding hydrogens is 184 g/mol. The van der Waals surface area contributed by atoms with Gasteiger partial charge < -0.3 is 9.94 Å². The third-order valence-corrected chi connectivity index (χ3v) is 1.48. The molecule has 74 valence electrons. The first-order valence-corrected chi connectivity index (χ1v) is 4.10. The summed E-state index contributed by atoms with van der Waals surface area (Å²) >= 11 is 0. The zero-order chi connectivity index (χ0) is 10.4.